The Hall–Kier alpha value is -10.6. The number of halogens is 8. The second-order valence-electron chi connectivity index (χ2n) is 32.3. The van der Waals surface area contributed by atoms with Crippen molar-refractivity contribution in [2.45, 2.75) is 159 Å². The first-order valence-corrected chi connectivity index (χ1v) is 53.8. The molecule has 39 heteroatoms. The van der Waals surface area contributed by atoms with E-state index >= 15 is 0 Å². The molecule has 5 aliphatic rings. The molecule has 4 heterocycles. The lowest BCUT2D eigenvalue weighted by Crippen LogP contribution is -2.12. The third kappa shape index (κ3) is 23.2. The molecule has 0 saturated heterocycles. The average molecular weight is 1990 g/mol. The van der Waals surface area contributed by atoms with Gasteiger partial charge in [0.1, 0.15) is 10.6 Å². The summed E-state index contributed by atoms with van der Waals surface area (Å²) in [6, 6.07) is 43.1. The second-order valence-corrected chi connectivity index (χ2v) is 48.4. The fourth-order valence-corrected chi connectivity index (χ4v) is 26.9. The molecule has 17 rings (SSSR count). The third-order valence-electron chi connectivity index (χ3n) is 22.3. The van der Waals surface area contributed by atoms with Gasteiger partial charge < -0.3 is 25.2 Å². The van der Waals surface area contributed by atoms with E-state index < -0.39 is 145 Å². The highest BCUT2D eigenvalue weighted by molar-refractivity contribution is 7.92. The van der Waals surface area contributed by atoms with Crippen LogP contribution >= 0.6 is 45.3 Å². The molecular weight excluding hydrogens is 1910 g/mol. The SMILES string of the molecule is COc1ccc(C(=O)O)cc1S(=O)(=O)Cc1cc(C(F)(F)F)ccc1-c1ccc(F)s1.CS(=O)(=O)c1ccc(-c2ccc(C3CC3)s2)c(CS(=O)(=O)c2cc(C(=O)O)ccc2C2CC2)c1.CS(=O)(=O)c1ccc(-c2ccc(F)s2)c(CS(=O)(=O)c2cc(C(=O)O)ccc2C2CC2)c1.O=C(O)c1ccc(C2CC2)c(S(=O)(=O)Cc2cc(C(F)(F)F)ccc2-c2ccc(C3CC3)s2)c1. The van der Waals surface area contributed by atoms with Gasteiger partial charge in [0, 0.05) is 41.8 Å². The minimum atomic E-state index is -4.72. The molecule has 0 radical (unpaired) electrons. The number of alkyl halides is 6. The number of hydrogen-bond donors (Lipinski definition) is 4. The summed E-state index contributed by atoms with van der Waals surface area (Å²) in [6.45, 7) is 0. The second kappa shape index (κ2) is 37.4. The molecule has 21 nitrogen and oxygen atoms in total. The van der Waals surface area contributed by atoms with Crippen molar-refractivity contribution >= 4 is 128 Å². The standard InChI is InChI=1S/C25H21F3O4S2.C25H24O6S3.C22H19FO6S3.C20H14F4O5S2/c26-25(27,28)18-6-8-19(22-10-9-21(33-22)15-3-4-15)17(11-18)13-34(31,32)23-12-16(24(29)30)5-7-20(23)14-1-2-14;1-33(28,29)19-7-9-20(23-11-10-22(32-23)16-4-5-16)18(12-19)14-34(30,31)24-13-17(25(26)27)6-8-21(24)15-2-3-15;1-31(26,27)16-5-7-17(19-8-9-21(23)30-19)15(10-16)12-32(28,29)20-11-14(22(24)25)4-6-18(20)13-2-3-13;1-29-15-5-2-11(19(25)26)9-17(15)31(27,28)10-12-8-13(20(22,23)24)3-4-14(12)16-6-7-18(21)30-16/h5-12,14-15H,1-4,13H2,(H,29,30);6-13,15-16H,2-5,14H2,1H3,(H,26,27);4-11,13H,2-3,12H2,1H3,(H,24,25);2-9H,10H2,1H3,(H,25,26). The van der Waals surface area contributed by atoms with E-state index in [4.69, 9.17) is 9.84 Å². The number of rotatable bonds is 28. The van der Waals surface area contributed by atoms with Crippen LogP contribution in [0.5, 0.6) is 5.75 Å². The molecule has 688 valence electrons. The summed E-state index contributed by atoms with van der Waals surface area (Å²) in [5.41, 5.74) is 1.17. The largest absolute Gasteiger partial charge is 0.495 e. The summed E-state index contributed by atoms with van der Waals surface area (Å²) in [5, 5.41) is 36.2. The first-order chi connectivity index (χ1) is 61.4. The van der Waals surface area contributed by atoms with Crippen LogP contribution in [0.4, 0.5) is 35.1 Å². The van der Waals surface area contributed by atoms with Crippen molar-refractivity contribution in [3.05, 3.63) is 286 Å². The van der Waals surface area contributed by atoms with Gasteiger partial charge in [-0.2, -0.15) is 35.1 Å². The smallest absolute Gasteiger partial charge is 0.416 e. The van der Waals surface area contributed by atoms with Crippen LogP contribution < -0.4 is 4.74 Å². The van der Waals surface area contributed by atoms with Gasteiger partial charge in [-0.1, -0.05) is 42.5 Å². The van der Waals surface area contributed by atoms with Crippen LogP contribution in [0.2, 0.25) is 0 Å². The Morgan fingerprint density at radius 1 is 0.328 bits per heavy atom. The van der Waals surface area contributed by atoms with Gasteiger partial charge in [-0.05, 0) is 307 Å². The van der Waals surface area contributed by atoms with Crippen LogP contribution in [0.25, 0.3) is 41.8 Å². The van der Waals surface area contributed by atoms with Crippen LogP contribution in [0.15, 0.2) is 223 Å². The van der Waals surface area contributed by atoms with E-state index in [1.54, 1.807) is 23.5 Å². The minimum absolute atomic E-state index is 0.0204. The Balaban J connectivity index is 0.000000141. The van der Waals surface area contributed by atoms with Gasteiger partial charge in [0.25, 0.3) is 0 Å². The van der Waals surface area contributed by atoms with Crippen molar-refractivity contribution in [1.82, 2.24) is 0 Å². The molecule has 0 amide bonds. The zero-order valence-corrected chi connectivity index (χ0v) is 77.3. The van der Waals surface area contributed by atoms with E-state index in [0.29, 0.717) is 73.1 Å². The third-order valence-corrected chi connectivity index (χ3v) is 35.7. The first-order valence-electron chi connectivity index (χ1n) is 40.2. The molecule has 5 fully saturated rings. The van der Waals surface area contributed by atoms with Gasteiger partial charge in [0.2, 0.25) is 0 Å². The van der Waals surface area contributed by atoms with Gasteiger partial charge in [-0.3, -0.25) is 0 Å². The van der Waals surface area contributed by atoms with Crippen molar-refractivity contribution in [2.24, 2.45) is 0 Å². The van der Waals surface area contributed by atoms with Crippen molar-refractivity contribution in [2.75, 3.05) is 19.6 Å². The molecule has 131 heavy (non-hydrogen) atoms. The number of hydrogen-bond acceptors (Lipinski definition) is 21. The highest BCUT2D eigenvalue weighted by atomic mass is 32.2. The maximum absolute atomic E-state index is 13.7. The summed E-state index contributed by atoms with van der Waals surface area (Å²) in [5.74, 6) is -6.51. The maximum Gasteiger partial charge on any atom is 0.416 e. The van der Waals surface area contributed by atoms with Gasteiger partial charge in [-0.15, -0.1) is 45.3 Å². The van der Waals surface area contributed by atoms with Crippen LogP contribution in [0, 0.1) is 10.3 Å². The summed E-state index contributed by atoms with van der Waals surface area (Å²) in [7, 11) is -22.4. The van der Waals surface area contributed by atoms with Crippen molar-refractivity contribution in [3.8, 4) is 47.5 Å². The van der Waals surface area contributed by atoms with Crippen molar-refractivity contribution in [3.63, 3.8) is 0 Å². The number of methoxy groups -OCH3 is 1. The lowest BCUT2D eigenvalue weighted by Gasteiger charge is -2.15. The Morgan fingerprint density at radius 2 is 0.595 bits per heavy atom. The summed E-state index contributed by atoms with van der Waals surface area (Å²) in [4.78, 5) is 49.8. The van der Waals surface area contributed by atoms with Gasteiger partial charge in [0.15, 0.2) is 69.3 Å². The molecule has 4 aromatic heterocycles. The molecule has 0 bridgehead atoms. The number of carbonyl (C=O) groups is 4. The van der Waals surface area contributed by atoms with Crippen LogP contribution in [0.1, 0.15) is 195 Å². The van der Waals surface area contributed by atoms with E-state index in [-0.39, 0.29) is 97.4 Å². The maximum atomic E-state index is 13.7. The molecule has 0 atom stereocenters. The zero-order chi connectivity index (χ0) is 94.7. The molecule has 12 aromatic rings. The Kier molecular flexibility index (Phi) is 27.6. The van der Waals surface area contributed by atoms with Crippen molar-refractivity contribution in [1.29, 1.82) is 0 Å². The minimum Gasteiger partial charge on any atom is -0.495 e. The highest BCUT2D eigenvalue weighted by Crippen LogP contribution is 2.52. The molecule has 5 saturated carbocycles. The molecule has 5 aliphatic carbocycles. The number of benzene rings is 8. The molecule has 0 unspecified atom stereocenters. The molecule has 8 aromatic carbocycles. The van der Waals surface area contributed by atoms with Crippen LogP contribution in [-0.4, -0.2) is 114 Å². The van der Waals surface area contributed by atoms with Gasteiger partial charge in [-0.25, -0.2) is 69.7 Å². The van der Waals surface area contributed by atoms with E-state index in [1.165, 1.54) is 114 Å². The Morgan fingerprint density at radius 3 is 0.863 bits per heavy atom. The van der Waals surface area contributed by atoms with Crippen LogP contribution in [0.3, 0.4) is 0 Å². The number of carboxylic acid groups (broad SMARTS) is 4. The molecule has 0 spiro atoms. The monoisotopic (exact) mass is 1990 g/mol. The molecule has 4 N–H and O–H groups in total. The number of ether oxygens (including phenoxy) is 1. The summed E-state index contributed by atoms with van der Waals surface area (Å²) in [6.07, 6.45) is 2.19. The zero-order valence-electron chi connectivity index (χ0n) is 69.1. The van der Waals surface area contributed by atoms with E-state index in [9.17, 15) is 120 Å². The first kappa shape index (κ1) is 96.4. The quantitative estimate of drug-likeness (QED) is 0.0331. The van der Waals surface area contributed by atoms with E-state index in [2.05, 4.69) is 6.07 Å². The van der Waals surface area contributed by atoms with Gasteiger partial charge in [0.05, 0.1) is 88.0 Å². The Labute approximate surface area is 764 Å². The van der Waals surface area contributed by atoms with Crippen LogP contribution in [-0.2, 0) is 94.4 Å². The fraction of sp³-hybridized carbons (Fsp3) is 0.261. The number of aromatic carboxylic acids is 4. The van der Waals surface area contributed by atoms with Gasteiger partial charge >= 0.3 is 36.2 Å². The summed E-state index contributed by atoms with van der Waals surface area (Å²) < 4.78 is 268. The predicted octanol–water partition coefficient (Wildman–Crippen LogP) is 21.9. The molecular formula is C92H78F8O21S10. The lowest BCUT2D eigenvalue weighted by atomic mass is 10.0. The summed E-state index contributed by atoms with van der Waals surface area (Å²) >= 11 is 4.57. The topological polar surface area (TPSA) is 363 Å². The lowest BCUT2D eigenvalue weighted by molar-refractivity contribution is -0.138. The Bertz CT molecular complexity index is 7300. The number of carboxylic acids is 4. The van der Waals surface area contributed by atoms with Crippen molar-refractivity contribution < 1.29 is 130 Å². The van der Waals surface area contributed by atoms with E-state index in [0.717, 1.165) is 163 Å². The normalized spacial score (nSPS) is 15.0. The molecule has 0 aliphatic heterocycles. The fourth-order valence-electron chi connectivity index (χ4n) is 14.9. The average Bonchev–Trinajstić information content (AvgIpc) is 1.73. The van der Waals surface area contributed by atoms with E-state index in [1.807, 2.05) is 18.2 Å². The number of thiophene rings is 4. The highest BCUT2D eigenvalue weighted by Gasteiger charge is 2.40. The predicted molar refractivity (Wildman–Crippen MR) is 479 cm³/mol. The number of sulfone groups is 6.